The Morgan fingerprint density at radius 1 is 0.929 bits per heavy atom. The number of hydrogen-bond donors (Lipinski definition) is 0. The molecule has 4 nitrogen and oxygen atoms in total. The summed E-state index contributed by atoms with van der Waals surface area (Å²) in [5, 5.41) is 0. The predicted molar refractivity (Wildman–Crippen MR) is 57.8 cm³/mol. The second kappa shape index (κ2) is 4.70. The summed E-state index contributed by atoms with van der Waals surface area (Å²) in [7, 11) is 2.08. The highest BCUT2D eigenvalue weighted by Crippen LogP contribution is 2.15. The first kappa shape index (κ1) is 10.5. The number of likely N-dealkylation sites (N-methyl/N-ethyl adjacent to an activating group) is 1. The van der Waals surface area contributed by atoms with E-state index >= 15 is 0 Å². The second-order valence-electron chi connectivity index (χ2n) is 4.15. The van der Waals surface area contributed by atoms with Gasteiger partial charge in [0, 0.05) is 26.2 Å². The molecule has 2 aliphatic rings. The monoisotopic (exact) mass is 217 g/mol. The van der Waals surface area contributed by atoms with E-state index in [0.717, 1.165) is 32.8 Å². The quantitative estimate of drug-likeness (QED) is 0.663. The first-order valence-corrected chi connectivity index (χ1v) is 6.44. The van der Waals surface area contributed by atoms with Gasteiger partial charge in [-0.3, -0.25) is 4.90 Å². The molecule has 1 unspecified atom stereocenters. The minimum Gasteiger partial charge on any atom is -0.291 e. The molecule has 0 aromatic carbocycles. The molecule has 0 N–H and O–H groups in total. The summed E-state index contributed by atoms with van der Waals surface area (Å²) in [6, 6.07) is 0. The summed E-state index contributed by atoms with van der Waals surface area (Å²) in [5.41, 5.74) is 0. The van der Waals surface area contributed by atoms with E-state index in [1.807, 2.05) is 0 Å². The van der Waals surface area contributed by atoms with Gasteiger partial charge in [0.1, 0.15) is 0 Å². The molecule has 0 spiro atoms. The van der Waals surface area contributed by atoms with Crippen LogP contribution in [-0.2, 0) is 11.2 Å². The van der Waals surface area contributed by atoms with Gasteiger partial charge in [0.25, 0.3) is 0 Å². The van der Waals surface area contributed by atoms with Crippen molar-refractivity contribution in [1.29, 1.82) is 0 Å². The molecule has 1 atom stereocenters. The standard InChI is InChI=1S/C9H19N3OS/c1-10-7-8-12(9-10)14(13)11-5-3-2-4-6-11/h2-9H2,1H3. The molecule has 0 aliphatic carbocycles. The van der Waals surface area contributed by atoms with Crippen molar-refractivity contribution < 1.29 is 4.21 Å². The molecule has 14 heavy (non-hydrogen) atoms. The second-order valence-corrected chi connectivity index (χ2v) is 5.64. The van der Waals surface area contributed by atoms with Crippen molar-refractivity contribution in [1.82, 2.24) is 13.5 Å². The molecule has 2 saturated heterocycles. The smallest absolute Gasteiger partial charge is 0.173 e. The topological polar surface area (TPSA) is 26.8 Å². The maximum absolute atomic E-state index is 12.1. The molecule has 0 aromatic rings. The van der Waals surface area contributed by atoms with Crippen LogP contribution in [0.5, 0.6) is 0 Å². The van der Waals surface area contributed by atoms with Crippen molar-refractivity contribution in [3.8, 4) is 0 Å². The lowest BCUT2D eigenvalue weighted by Gasteiger charge is -2.28. The maximum atomic E-state index is 12.1. The Kier molecular flexibility index (Phi) is 3.54. The molecule has 0 saturated carbocycles. The highest BCUT2D eigenvalue weighted by Gasteiger charge is 2.26. The fourth-order valence-electron chi connectivity index (χ4n) is 2.00. The summed E-state index contributed by atoms with van der Waals surface area (Å²) in [6.07, 6.45) is 3.71. The van der Waals surface area contributed by atoms with E-state index < -0.39 is 11.2 Å². The van der Waals surface area contributed by atoms with E-state index in [2.05, 4.69) is 20.6 Å². The van der Waals surface area contributed by atoms with Gasteiger partial charge in [-0.25, -0.2) is 8.51 Å². The predicted octanol–water partition coefficient (Wildman–Crippen LogP) is 0.256. The Balaban J connectivity index is 1.87. The third-order valence-corrected chi connectivity index (χ3v) is 4.43. The third kappa shape index (κ3) is 2.34. The SMILES string of the molecule is CN1CCN(S(=O)N2CCCCC2)C1. The van der Waals surface area contributed by atoms with Gasteiger partial charge < -0.3 is 0 Å². The molecule has 0 radical (unpaired) electrons. The van der Waals surface area contributed by atoms with Gasteiger partial charge >= 0.3 is 0 Å². The zero-order chi connectivity index (χ0) is 9.97. The lowest BCUT2D eigenvalue weighted by Crippen LogP contribution is -2.40. The molecule has 2 rings (SSSR count). The zero-order valence-electron chi connectivity index (χ0n) is 8.81. The molecule has 0 bridgehead atoms. The van der Waals surface area contributed by atoms with Crippen molar-refractivity contribution in [2.75, 3.05) is 39.9 Å². The number of hydrogen-bond acceptors (Lipinski definition) is 2. The maximum Gasteiger partial charge on any atom is 0.173 e. The van der Waals surface area contributed by atoms with E-state index in [1.165, 1.54) is 19.3 Å². The Labute approximate surface area is 88.6 Å². The Morgan fingerprint density at radius 2 is 1.64 bits per heavy atom. The van der Waals surface area contributed by atoms with Crippen LogP contribution in [-0.4, -0.2) is 57.6 Å². The van der Waals surface area contributed by atoms with Crippen LogP contribution in [0.4, 0.5) is 0 Å². The Morgan fingerprint density at radius 3 is 2.21 bits per heavy atom. The number of rotatable bonds is 2. The third-order valence-electron chi connectivity index (χ3n) is 2.89. The van der Waals surface area contributed by atoms with Crippen LogP contribution in [0.1, 0.15) is 19.3 Å². The Bertz CT molecular complexity index is 211. The van der Waals surface area contributed by atoms with Gasteiger partial charge in [-0.1, -0.05) is 6.42 Å². The van der Waals surface area contributed by atoms with Crippen LogP contribution in [0.2, 0.25) is 0 Å². The number of piperidine rings is 1. The molecule has 2 aliphatic heterocycles. The van der Waals surface area contributed by atoms with Crippen molar-refractivity contribution in [2.45, 2.75) is 19.3 Å². The van der Waals surface area contributed by atoms with Gasteiger partial charge in [0.15, 0.2) is 11.2 Å². The van der Waals surface area contributed by atoms with E-state index in [1.54, 1.807) is 0 Å². The van der Waals surface area contributed by atoms with Crippen LogP contribution in [0.15, 0.2) is 0 Å². The van der Waals surface area contributed by atoms with Gasteiger partial charge in [-0.15, -0.1) is 0 Å². The molecule has 82 valence electrons. The van der Waals surface area contributed by atoms with Crippen LogP contribution < -0.4 is 0 Å². The molecule has 2 heterocycles. The summed E-state index contributed by atoms with van der Waals surface area (Å²) in [5.74, 6) is 0. The minimum absolute atomic E-state index is 0.850. The van der Waals surface area contributed by atoms with E-state index in [0.29, 0.717) is 0 Å². The first-order valence-electron chi connectivity index (χ1n) is 5.38. The van der Waals surface area contributed by atoms with Crippen LogP contribution in [0.3, 0.4) is 0 Å². The van der Waals surface area contributed by atoms with Gasteiger partial charge in [0.2, 0.25) is 0 Å². The van der Waals surface area contributed by atoms with Crippen molar-refractivity contribution in [2.24, 2.45) is 0 Å². The first-order chi connectivity index (χ1) is 6.77. The van der Waals surface area contributed by atoms with E-state index in [-0.39, 0.29) is 0 Å². The van der Waals surface area contributed by atoms with Crippen LogP contribution >= 0.6 is 0 Å². The van der Waals surface area contributed by atoms with Crippen molar-refractivity contribution in [3.05, 3.63) is 0 Å². The Hall–Kier alpha value is 0.0300. The van der Waals surface area contributed by atoms with Gasteiger partial charge in [-0.2, -0.15) is 4.31 Å². The summed E-state index contributed by atoms with van der Waals surface area (Å²) in [4.78, 5) is 2.21. The van der Waals surface area contributed by atoms with Crippen LogP contribution in [0, 0.1) is 0 Å². The zero-order valence-corrected chi connectivity index (χ0v) is 9.63. The molecule has 2 fully saturated rings. The van der Waals surface area contributed by atoms with Crippen molar-refractivity contribution >= 4 is 11.2 Å². The highest BCUT2D eigenvalue weighted by molar-refractivity contribution is 7.80. The number of nitrogens with zero attached hydrogens (tertiary/aromatic N) is 3. The summed E-state index contributed by atoms with van der Waals surface area (Å²) < 4.78 is 16.3. The molecular weight excluding hydrogens is 198 g/mol. The van der Waals surface area contributed by atoms with E-state index in [9.17, 15) is 4.21 Å². The molecular formula is C9H19N3OS. The van der Waals surface area contributed by atoms with E-state index in [4.69, 9.17) is 0 Å². The lowest BCUT2D eigenvalue weighted by molar-refractivity contribution is 0.324. The minimum atomic E-state index is -0.877. The summed E-state index contributed by atoms with van der Waals surface area (Å²) in [6.45, 7) is 4.85. The van der Waals surface area contributed by atoms with Gasteiger partial charge in [0.05, 0.1) is 6.67 Å². The normalized spacial score (nSPS) is 29.5. The average Bonchev–Trinajstić information content (AvgIpc) is 2.65. The lowest BCUT2D eigenvalue weighted by atomic mass is 10.2. The molecule has 5 heteroatoms. The molecule has 0 aromatic heterocycles. The molecule has 0 amide bonds. The fraction of sp³-hybridized carbons (Fsp3) is 1.00. The van der Waals surface area contributed by atoms with Crippen LogP contribution in [0.25, 0.3) is 0 Å². The van der Waals surface area contributed by atoms with Crippen molar-refractivity contribution in [3.63, 3.8) is 0 Å². The highest BCUT2D eigenvalue weighted by atomic mass is 32.2. The van der Waals surface area contributed by atoms with Gasteiger partial charge in [-0.05, 0) is 19.9 Å². The average molecular weight is 217 g/mol. The summed E-state index contributed by atoms with van der Waals surface area (Å²) >= 11 is -0.877. The fourth-order valence-corrected chi connectivity index (χ4v) is 3.44. The largest absolute Gasteiger partial charge is 0.291 e.